The number of morpholine rings is 1. The summed E-state index contributed by atoms with van der Waals surface area (Å²) in [5.41, 5.74) is 6.06. The highest BCUT2D eigenvalue weighted by Crippen LogP contribution is 2.38. The Labute approximate surface area is 130 Å². The molecule has 1 aromatic rings. The van der Waals surface area contributed by atoms with Crippen molar-refractivity contribution in [3.8, 4) is 0 Å². The maximum absolute atomic E-state index is 5.53. The smallest absolute Gasteiger partial charge is 0.0642 e. The van der Waals surface area contributed by atoms with Crippen LogP contribution in [0.4, 0.5) is 5.69 Å². The molecule has 1 aliphatic rings. The van der Waals surface area contributed by atoms with Gasteiger partial charge >= 0.3 is 0 Å². The summed E-state index contributed by atoms with van der Waals surface area (Å²) >= 11 is 0. The van der Waals surface area contributed by atoms with E-state index in [1.807, 2.05) is 0 Å². The van der Waals surface area contributed by atoms with E-state index in [0.29, 0.717) is 0 Å². The highest BCUT2D eigenvalue weighted by atomic mass is 16.5. The van der Waals surface area contributed by atoms with Gasteiger partial charge in [0.1, 0.15) is 0 Å². The van der Waals surface area contributed by atoms with Crippen molar-refractivity contribution in [3.63, 3.8) is 0 Å². The Morgan fingerprint density at radius 1 is 0.857 bits per heavy atom. The van der Waals surface area contributed by atoms with Gasteiger partial charge in [-0.15, -0.1) is 0 Å². The van der Waals surface area contributed by atoms with Gasteiger partial charge in [-0.3, -0.25) is 0 Å². The van der Waals surface area contributed by atoms with Crippen molar-refractivity contribution < 1.29 is 4.74 Å². The molecule has 0 spiro atoms. The van der Waals surface area contributed by atoms with Gasteiger partial charge in [0.15, 0.2) is 0 Å². The molecule has 0 amide bonds. The third-order valence-electron chi connectivity index (χ3n) is 4.31. The van der Waals surface area contributed by atoms with Crippen LogP contribution in [0.2, 0.25) is 0 Å². The number of benzene rings is 1. The SMILES string of the molecule is Cc1cc(C(C)(C)C)c(N2CCOCC2)cc1C(C)(C)C. The van der Waals surface area contributed by atoms with Gasteiger partial charge in [0.2, 0.25) is 0 Å². The van der Waals surface area contributed by atoms with Crippen molar-refractivity contribution in [1.29, 1.82) is 0 Å². The molecule has 0 N–H and O–H groups in total. The summed E-state index contributed by atoms with van der Waals surface area (Å²) < 4.78 is 5.53. The average molecular weight is 289 g/mol. The van der Waals surface area contributed by atoms with Gasteiger partial charge in [-0.1, -0.05) is 47.6 Å². The van der Waals surface area contributed by atoms with Crippen LogP contribution in [0, 0.1) is 6.92 Å². The standard InChI is InChI=1S/C19H31NO/c1-14-12-16(19(5,6)7)17(13-15(14)18(2,3)4)20-8-10-21-11-9-20/h12-13H,8-11H2,1-7H3. The number of hydrogen-bond acceptors (Lipinski definition) is 2. The Balaban J connectivity index is 2.57. The molecule has 0 bridgehead atoms. The average Bonchev–Trinajstić information content (AvgIpc) is 2.37. The van der Waals surface area contributed by atoms with Crippen molar-refractivity contribution in [3.05, 3.63) is 28.8 Å². The van der Waals surface area contributed by atoms with Gasteiger partial charge in [0.05, 0.1) is 13.2 Å². The van der Waals surface area contributed by atoms with Crippen LogP contribution in [0.25, 0.3) is 0 Å². The fraction of sp³-hybridized carbons (Fsp3) is 0.684. The second kappa shape index (κ2) is 5.64. The minimum atomic E-state index is 0.162. The van der Waals surface area contributed by atoms with E-state index in [1.54, 1.807) is 0 Å². The minimum absolute atomic E-state index is 0.162. The molecule has 1 aromatic carbocycles. The lowest BCUT2D eigenvalue weighted by molar-refractivity contribution is 0.122. The van der Waals surface area contributed by atoms with E-state index in [4.69, 9.17) is 4.74 Å². The topological polar surface area (TPSA) is 12.5 Å². The molecule has 1 heterocycles. The first-order valence-electron chi connectivity index (χ1n) is 8.09. The molecule has 0 unspecified atom stereocenters. The molecule has 0 saturated carbocycles. The zero-order valence-electron chi connectivity index (χ0n) is 14.8. The molecule has 1 saturated heterocycles. The molecule has 2 rings (SSSR count). The van der Waals surface area contributed by atoms with Crippen LogP contribution in [0.15, 0.2) is 12.1 Å². The molecule has 1 aliphatic heterocycles. The van der Waals surface area contributed by atoms with Crippen LogP contribution in [-0.4, -0.2) is 26.3 Å². The molecule has 2 nitrogen and oxygen atoms in total. The van der Waals surface area contributed by atoms with Crippen LogP contribution in [-0.2, 0) is 15.6 Å². The molecule has 0 radical (unpaired) electrons. The lowest BCUT2D eigenvalue weighted by Crippen LogP contribution is -2.38. The molecule has 2 heteroatoms. The molecular formula is C19H31NO. The quantitative estimate of drug-likeness (QED) is 0.758. The lowest BCUT2D eigenvalue weighted by Gasteiger charge is -2.36. The predicted octanol–water partition coefficient (Wildman–Crippen LogP) is 4.43. The second-order valence-corrected chi connectivity index (χ2v) is 8.28. The Bertz CT molecular complexity index is 500. The highest BCUT2D eigenvalue weighted by molar-refractivity contribution is 5.61. The van der Waals surface area contributed by atoms with Crippen molar-refractivity contribution >= 4 is 5.69 Å². The minimum Gasteiger partial charge on any atom is -0.378 e. The molecule has 0 aliphatic carbocycles. The van der Waals surface area contributed by atoms with Crippen LogP contribution < -0.4 is 4.90 Å². The van der Waals surface area contributed by atoms with Crippen molar-refractivity contribution in [2.75, 3.05) is 31.2 Å². The third kappa shape index (κ3) is 3.60. The van der Waals surface area contributed by atoms with Crippen LogP contribution >= 0.6 is 0 Å². The van der Waals surface area contributed by atoms with E-state index < -0.39 is 0 Å². The van der Waals surface area contributed by atoms with Gasteiger partial charge in [-0.05, 0) is 40.5 Å². The summed E-state index contributed by atoms with van der Waals surface area (Å²) in [4.78, 5) is 2.50. The maximum Gasteiger partial charge on any atom is 0.0642 e. The molecule has 1 fully saturated rings. The maximum atomic E-state index is 5.53. The number of nitrogens with zero attached hydrogens (tertiary/aromatic N) is 1. The predicted molar refractivity (Wildman–Crippen MR) is 91.6 cm³/mol. The number of hydrogen-bond donors (Lipinski definition) is 0. The first kappa shape index (κ1) is 16.4. The zero-order valence-corrected chi connectivity index (χ0v) is 14.8. The van der Waals surface area contributed by atoms with Gasteiger partial charge in [0, 0.05) is 18.8 Å². The van der Waals surface area contributed by atoms with E-state index in [1.165, 1.54) is 22.4 Å². The molecule has 0 aromatic heterocycles. The molecule has 0 atom stereocenters. The van der Waals surface area contributed by atoms with Gasteiger partial charge in [-0.25, -0.2) is 0 Å². The Kier molecular flexibility index (Phi) is 4.39. The van der Waals surface area contributed by atoms with Crippen LogP contribution in [0.5, 0.6) is 0 Å². The number of aryl methyl sites for hydroxylation is 1. The summed E-state index contributed by atoms with van der Waals surface area (Å²) in [6.45, 7) is 19.7. The second-order valence-electron chi connectivity index (χ2n) is 8.28. The number of anilines is 1. The summed E-state index contributed by atoms with van der Waals surface area (Å²) in [6, 6.07) is 4.84. The number of ether oxygens (including phenoxy) is 1. The summed E-state index contributed by atoms with van der Waals surface area (Å²) in [7, 11) is 0. The first-order valence-corrected chi connectivity index (χ1v) is 8.09. The first-order chi connectivity index (χ1) is 9.60. The summed E-state index contributed by atoms with van der Waals surface area (Å²) in [5, 5.41) is 0. The van der Waals surface area contributed by atoms with E-state index in [9.17, 15) is 0 Å². The van der Waals surface area contributed by atoms with Crippen LogP contribution in [0.3, 0.4) is 0 Å². The zero-order chi connectivity index (χ0) is 15.8. The Morgan fingerprint density at radius 3 is 1.86 bits per heavy atom. The van der Waals surface area contributed by atoms with Crippen LogP contribution in [0.1, 0.15) is 58.2 Å². The Morgan fingerprint density at radius 2 is 1.38 bits per heavy atom. The van der Waals surface area contributed by atoms with Gasteiger partial charge < -0.3 is 9.64 Å². The van der Waals surface area contributed by atoms with Crippen molar-refractivity contribution in [2.45, 2.75) is 59.3 Å². The van der Waals surface area contributed by atoms with E-state index >= 15 is 0 Å². The Hall–Kier alpha value is -1.02. The van der Waals surface area contributed by atoms with E-state index in [2.05, 4.69) is 65.5 Å². The van der Waals surface area contributed by atoms with Gasteiger partial charge in [-0.2, -0.15) is 0 Å². The lowest BCUT2D eigenvalue weighted by atomic mass is 9.78. The number of rotatable bonds is 1. The molecular weight excluding hydrogens is 258 g/mol. The van der Waals surface area contributed by atoms with Crippen molar-refractivity contribution in [1.82, 2.24) is 0 Å². The van der Waals surface area contributed by atoms with E-state index in [-0.39, 0.29) is 10.8 Å². The van der Waals surface area contributed by atoms with E-state index in [0.717, 1.165) is 26.3 Å². The molecule has 21 heavy (non-hydrogen) atoms. The van der Waals surface area contributed by atoms with Gasteiger partial charge in [0.25, 0.3) is 0 Å². The third-order valence-corrected chi connectivity index (χ3v) is 4.31. The molecule has 118 valence electrons. The monoisotopic (exact) mass is 289 g/mol. The largest absolute Gasteiger partial charge is 0.378 e. The summed E-state index contributed by atoms with van der Waals surface area (Å²) in [5.74, 6) is 0. The fourth-order valence-corrected chi connectivity index (χ4v) is 3.17. The normalized spacial score (nSPS) is 17.2. The highest BCUT2D eigenvalue weighted by Gasteiger charge is 2.26. The van der Waals surface area contributed by atoms with Crippen molar-refractivity contribution in [2.24, 2.45) is 0 Å². The fourth-order valence-electron chi connectivity index (χ4n) is 3.17. The summed E-state index contributed by atoms with van der Waals surface area (Å²) in [6.07, 6.45) is 0.